The zero-order valence-electron chi connectivity index (χ0n) is 5.01. The predicted molar refractivity (Wildman–Crippen MR) is 42.4 cm³/mol. The van der Waals surface area contributed by atoms with Gasteiger partial charge in [0, 0.05) is 0 Å². The molecular formula is C5H7NOS2. The van der Waals surface area contributed by atoms with Crippen LogP contribution >= 0.6 is 24.0 Å². The maximum atomic E-state index is 10.8. The Morgan fingerprint density at radius 2 is 2.56 bits per heavy atom. The third-order valence-corrected chi connectivity index (χ3v) is 2.68. The summed E-state index contributed by atoms with van der Waals surface area (Å²) in [5, 5.41) is 2.64. The molecule has 9 heavy (non-hydrogen) atoms. The number of hydrogen-bond acceptors (Lipinski definition) is 3. The SMILES string of the molecule is CCC1SC(=S)NC1=O. The Balaban J connectivity index is 2.58. The Kier molecular flexibility index (Phi) is 2.08. The first-order chi connectivity index (χ1) is 4.24. The first-order valence-electron chi connectivity index (χ1n) is 2.75. The first-order valence-corrected chi connectivity index (χ1v) is 4.04. The topological polar surface area (TPSA) is 29.1 Å². The predicted octanol–water partition coefficient (Wildman–Crippen LogP) is 0.913. The molecule has 1 atom stereocenters. The average Bonchev–Trinajstić information content (AvgIpc) is 2.10. The number of thioether (sulfide) groups is 1. The lowest BCUT2D eigenvalue weighted by Gasteiger charge is -1.95. The maximum Gasteiger partial charge on any atom is 0.238 e. The molecule has 50 valence electrons. The van der Waals surface area contributed by atoms with Gasteiger partial charge in [-0.05, 0) is 6.42 Å². The lowest BCUT2D eigenvalue weighted by Crippen LogP contribution is -2.23. The second-order valence-corrected chi connectivity index (χ2v) is 3.67. The molecule has 0 radical (unpaired) electrons. The van der Waals surface area contributed by atoms with Gasteiger partial charge in [0.1, 0.15) is 4.32 Å². The normalized spacial score (nSPS) is 26.6. The summed E-state index contributed by atoms with van der Waals surface area (Å²) in [6.45, 7) is 1.98. The van der Waals surface area contributed by atoms with Gasteiger partial charge in [0.2, 0.25) is 5.91 Å². The molecule has 1 aliphatic rings. The van der Waals surface area contributed by atoms with Crippen LogP contribution in [0.2, 0.25) is 0 Å². The number of nitrogens with one attached hydrogen (secondary N) is 1. The Labute approximate surface area is 63.4 Å². The summed E-state index contributed by atoms with van der Waals surface area (Å²) in [5.41, 5.74) is 0. The standard InChI is InChI=1S/C5H7NOS2/c1-2-3-4(7)6-5(8)9-3/h3H,2H2,1H3,(H,6,7,8). The summed E-state index contributed by atoms with van der Waals surface area (Å²) in [6.07, 6.45) is 0.858. The maximum absolute atomic E-state index is 10.8. The van der Waals surface area contributed by atoms with Gasteiger partial charge in [-0.3, -0.25) is 4.79 Å². The van der Waals surface area contributed by atoms with Gasteiger partial charge >= 0.3 is 0 Å². The summed E-state index contributed by atoms with van der Waals surface area (Å²) < 4.78 is 0.617. The number of rotatable bonds is 1. The van der Waals surface area contributed by atoms with Crippen LogP contribution in [-0.4, -0.2) is 15.5 Å². The van der Waals surface area contributed by atoms with Crippen LogP contribution in [0, 0.1) is 0 Å². The lowest BCUT2D eigenvalue weighted by atomic mass is 10.3. The van der Waals surface area contributed by atoms with Crippen LogP contribution in [0.15, 0.2) is 0 Å². The van der Waals surface area contributed by atoms with Crippen LogP contribution in [-0.2, 0) is 4.79 Å². The van der Waals surface area contributed by atoms with Crippen molar-refractivity contribution in [3.8, 4) is 0 Å². The molecule has 1 heterocycles. The van der Waals surface area contributed by atoms with Crippen molar-refractivity contribution in [1.29, 1.82) is 0 Å². The van der Waals surface area contributed by atoms with E-state index in [1.165, 1.54) is 11.8 Å². The third kappa shape index (κ3) is 1.43. The lowest BCUT2D eigenvalue weighted by molar-refractivity contribution is -0.118. The molecule has 2 nitrogen and oxygen atoms in total. The summed E-state index contributed by atoms with van der Waals surface area (Å²) in [5.74, 6) is 0.0625. The van der Waals surface area contributed by atoms with E-state index >= 15 is 0 Å². The second-order valence-electron chi connectivity index (χ2n) is 1.79. The van der Waals surface area contributed by atoms with Gasteiger partial charge in [-0.1, -0.05) is 30.9 Å². The van der Waals surface area contributed by atoms with E-state index in [4.69, 9.17) is 12.2 Å². The number of carbonyl (C=O) groups excluding carboxylic acids is 1. The van der Waals surface area contributed by atoms with Crippen molar-refractivity contribution in [2.75, 3.05) is 0 Å². The van der Waals surface area contributed by atoms with Crippen molar-refractivity contribution in [2.45, 2.75) is 18.6 Å². The van der Waals surface area contributed by atoms with E-state index in [2.05, 4.69) is 5.32 Å². The van der Waals surface area contributed by atoms with Crippen LogP contribution in [0.5, 0.6) is 0 Å². The molecule has 0 aromatic rings. The highest BCUT2D eigenvalue weighted by Crippen LogP contribution is 2.21. The number of thiocarbonyl (C=S) groups is 1. The van der Waals surface area contributed by atoms with E-state index in [1.54, 1.807) is 0 Å². The first kappa shape index (κ1) is 7.02. The van der Waals surface area contributed by atoms with Crippen LogP contribution in [0.1, 0.15) is 13.3 Å². The molecule has 1 aliphatic heterocycles. The number of carbonyl (C=O) groups is 1. The van der Waals surface area contributed by atoms with Gasteiger partial charge in [-0.25, -0.2) is 0 Å². The third-order valence-electron chi connectivity index (χ3n) is 1.14. The zero-order valence-corrected chi connectivity index (χ0v) is 6.64. The summed E-state index contributed by atoms with van der Waals surface area (Å²) >= 11 is 6.21. The molecule has 0 spiro atoms. The smallest absolute Gasteiger partial charge is 0.238 e. The fourth-order valence-electron chi connectivity index (χ4n) is 0.662. The van der Waals surface area contributed by atoms with Gasteiger partial charge < -0.3 is 5.32 Å². The van der Waals surface area contributed by atoms with Crippen LogP contribution < -0.4 is 5.32 Å². The molecule has 4 heteroatoms. The van der Waals surface area contributed by atoms with E-state index in [9.17, 15) is 4.79 Å². The van der Waals surface area contributed by atoms with Crippen LogP contribution in [0.4, 0.5) is 0 Å². The molecule has 1 amide bonds. The Bertz CT molecular complexity index is 157. The molecule has 0 bridgehead atoms. The van der Waals surface area contributed by atoms with E-state index in [-0.39, 0.29) is 11.2 Å². The van der Waals surface area contributed by atoms with Crippen LogP contribution in [0.3, 0.4) is 0 Å². The van der Waals surface area contributed by atoms with E-state index < -0.39 is 0 Å². The Hall–Kier alpha value is -0.0900. The zero-order chi connectivity index (χ0) is 6.85. The molecule has 0 saturated carbocycles. The molecule has 0 aromatic carbocycles. The molecule has 1 fully saturated rings. The number of hydrogen-bond donors (Lipinski definition) is 1. The number of amides is 1. The van der Waals surface area contributed by atoms with E-state index in [0.717, 1.165) is 6.42 Å². The van der Waals surface area contributed by atoms with Crippen molar-refractivity contribution in [2.24, 2.45) is 0 Å². The summed E-state index contributed by atoms with van der Waals surface area (Å²) in [4.78, 5) is 10.8. The fourth-order valence-corrected chi connectivity index (χ4v) is 1.86. The average molecular weight is 161 g/mol. The minimum Gasteiger partial charge on any atom is -0.311 e. The van der Waals surface area contributed by atoms with Crippen molar-refractivity contribution in [3.05, 3.63) is 0 Å². The molecule has 0 aromatic heterocycles. The largest absolute Gasteiger partial charge is 0.311 e. The van der Waals surface area contributed by atoms with Gasteiger partial charge in [0.15, 0.2) is 0 Å². The van der Waals surface area contributed by atoms with E-state index in [1.807, 2.05) is 6.92 Å². The molecule has 1 rings (SSSR count). The van der Waals surface area contributed by atoms with Crippen molar-refractivity contribution < 1.29 is 4.79 Å². The highest BCUT2D eigenvalue weighted by atomic mass is 32.2. The molecule has 1 saturated heterocycles. The molecular weight excluding hydrogens is 154 g/mol. The molecule has 1 N–H and O–H groups in total. The van der Waals surface area contributed by atoms with Gasteiger partial charge in [-0.2, -0.15) is 0 Å². The quantitative estimate of drug-likeness (QED) is 0.580. The van der Waals surface area contributed by atoms with E-state index in [0.29, 0.717) is 4.32 Å². The fraction of sp³-hybridized carbons (Fsp3) is 0.600. The van der Waals surface area contributed by atoms with Crippen LogP contribution in [0.25, 0.3) is 0 Å². The monoisotopic (exact) mass is 161 g/mol. The highest BCUT2D eigenvalue weighted by molar-refractivity contribution is 8.24. The summed E-state index contributed by atoms with van der Waals surface area (Å²) in [6, 6.07) is 0. The van der Waals surface area contributed by atoms with Gasteiger partial charge in [0.05, 0.1) is 5.25 Å². The molecule has 0 aliphatic carbocycles. The summed E-state index contributed by atoms with van der Waals surface area (Å²) in [7, 11) is 0. The van der Waals surface area contributed by atoms with Crippen molar-refractivity contribution >= 4 is 34.2 Å². The van der Waals surface area contributed by atoms with Gasteiger partial charge in [-0.15, -0.1) is 0 Å². The van der Waals surface area contributed by atoms with Crippen molar-refractivity contribution in [1.82, 2.24) is 5.32 Å². The molecule has 1 unspecified atom stereocenters. The second kappa shape index (κ2) is 2.66. The Morgan fingerprint density at radius 3 is 2.78 bits per heavy atom. The minimum absolute atomic E-state index is 0.0625. The van der Waals surface area contributed by atoms with Gasteiger partial charge in [0.25, 0.3) is 0 Å². The minimum atomic E-state index is 0.0625. The Morgan fingerprint density at radius 1 is 1.89 bits per heavy atom. The highest BCUT2D eigenvalue weighted by Gasteiger charge is 2.26. The van der Waals surface area contributed by atoms with Crippen molar-refractivity contribution in [3.63, 3.8) is 0 Å².